The molecule has 0 N–H and O–H groups in total. The predicted octanol–water partition coefficient (Wildman–Crippen LogP) is 4.02. The van der Waals surface area contributed by atoms with Crippen molar-refractivity contribution in [1.82, 2.24) is 0 Å². The Morgan fingerprint density at radius 1 is 1.23 bits per heavy atom. The number of fused-ring (bicyclic) bond motifs is 1. The quantitative estimate of drug-likeness (QED) is 0.631. The zero-order valence-corrected chi connectivity index (χ0v) is 8.68. The molecule has 1 aromatic carbocycles. The highest BCUT2D eigenvalue weighted by atomic mass is 35.5. The normalized spacial score (nSPS) is 20.3. The Balaban J connectivity index is 2.49. The van der Waals surface area contributed by atoms with Crippen molar-refractivity contribution in [2.45, 2.75) is 19.8 Å². The molecule has 13 heavy (non-hydrogen) atoms. The summed E-state index contributed by atoms with van der Waals surface area (Å²) >= 11 is 6.20. The number of hydrogen-bond donors (Lipinski definition) is 0. The summed E-state index contributed by atoms with van der Waals surface area (Å²) in [7, 11) is 0. The van der Waals surface area contributed by atoms with Crippen LogP contribution < -0.4 is 0 Å². The molecular weight excluding hydrogens is 180 g/mol. The third kappa shape index (κ3) is 1.40. The van der Waals surface area contributed by atoms with Gasteiger partial charge in [0.1, 0.15) is 0 Å². The molecule has 1 heteroatoms. The summed E-state index contributed by atoms with van der Waals surface area (Å²) in [4.78, 5) is 0. The molecule has 0 saturated heterocycles. The van der Waals surface area contributed by atoms with E-state index in [1.807, 2.05) is 0 Å². The Morgan fingerprint density at radius 3 is 2.62 bits per heavy atom. The topological polar surface area (TPSA) is 0 Å². The van der Waals surface area contributed by atoms with Gasteiger partial charge in [-0.05, 0) is 23.1 Å². The van der Waals surface area contributed by atoms with Crippen LogP contribution in [-0.4, -0.2) is 0 Å². The fraction of sp³-hybridized carbons (Fsp3) is 0.333. The van der Waals surface area contributed by atoms with Crippen molar-refractivity contribution < 1.29 is 0 Å². The van der Waals surface area contributed by atoms with E-state index in [1.165, 1.54) is 11.1 Å². The molecule has 1 aliphatic rings. The Hall–Kier alpha value is -0.750. The number of rotatable bonds is 1. The predicted molar refractivity (Wildman–Crippen MR) is 57.9 cm³/mol. The third-order valence-corrected chi connectivity index (χ3v) is 2.93. The molecule has 0 nitrogen and oxygen atoms in total. The Labute approximate surface area is 84.2 Å². The largest absolute Gasteiger partial charge is 0.0884 e. The van der Waals surface area contributed by atoms with E-state index in [-0.39, 0.29) is 0 Å². The zero-order valence-electron chi connectivity index (χ0n) is 7.92. The second-order valence-corrected chi connectivity index (χ2v) is 4.32. The number of benzene rings is 1. The summed E-state index contributed by atoms with van der Waals surface area (Å²) in [6.07, 6.45) is 2.08. The molecule has 2 rings (SSSR count). The van der Waals surface area contributed by atoms with Gasteiger partial charge < -0.3 is 0 Å². The van der Waals surface area contributed by atoms with Gasteiger partial charge in [-0.25, -0.2) is 0 Å². The summed E-state index contributed by atoms with van der Waals surface area (Å²) in [5.74, 6) is 0.991. The Morgan fingerprint density at radius 2 is 1.92 bits per heavy atom. The van der Waals surface area contributed by atoms with Crippen LogP contribution in [0.15, 0.2) is 29.3 Å². The lowest BCUT2D eigenvalue weighted by Gasteiger charge is -2.16. The zero-order chi connectivity index (χ0) is 9.42. The first kappa shape index (κ1) is 8.83. The smallest absolute Gasteiger partial charge is 0.0264 e. The van der Waals surface area contributed by atoms with Gasteiger partial charge in [-0.15, -0.1) is 0 Å². The molecule has 1 aromatic rings. The fourth-order valence-corrected chi connectivity index (χ4v) is 2.48. The van der Waals surface area contributed by atoms with Gasteiger partial charge in [-0.1, -0.05) is 49.7 Å². The lowest BCUT2D eigenvalue weighted by atomic mass is 9.90. The minimum Gasteiger partial charge on any atom is -0.0884 e. The van der Waals surface area contributed by atoms with Crippen LogP contribution in [0.5, 0.6) is 0 Å². The Bertz CT molecular complexity index is 350. The van der Waals surface area contributed by atoms with E-state index in [4.69, 9.17) is 11.6 Å². The van der Waals surface area contributed by atoms with E-state index in [1.54, 1.807) is 0 Å². The van der Waals surface area contributed by atoms with E-state index in [2.05, 4.69) is 44.2 Å². The van der Waals surface area contributed by atoms with Gasteiger partial charge >= 0.3 is 0 Å². The van der Waals surface area contributed by atoms with E-state index < -0.39 is 0 Å². The highest BCUT2D eigenvalue weighted by Crippen LogP contribution is 2.42. The maximum Gasteiger partial charge on any atom is 0.0264 e. The first-order valence-electron chi connectivity index (χ1n) is 4.66. The summed E-state index contributed by atoms with van der Waals surface area (Å²) in [6.45, 7) is 4.42. The van der Waals surface area contributed by atoms with Crippen molar-refractivity contribution in [2.24, 2.45) is 5.92 Å². The highest BCUT2D eigenvalue weighted by Gasteiger charge is 2.25. The van der Waals surface area contributed by atoms with Crippen molar-refractivity contribution in [1.29, 1.82) is 0 Å². The van der Waals surface area contributed by atoms with Crippen LogP contribution in [-0.2, 0) is 0 Å². The average Bonchev–Trinajstić information content (AvgIpc) is 2.39. The molecule has 1 unspecified atom stereocenters. The van der Waals surface area contributed by atoms with Crippen LogP contribution in [0.25, 0.3) is 6.08 Å². The molecule has 0 bridgehead atoms. The Kier molecular flexibility index (Phi) is 2.17. The second-order valence-electron chi connectivity index (χ2n) is 3.88. The van der Waals surface area contributed by atoms with Crippen LogP contribution >= 0.6 is 11.6 Å². The van der Waals surface area contributed by atoms with Gasteiger partial charge in [0.05, 0.1) is 0 Å². The molecule has 0 amide bonds. The maximum atomic E-state index is 6.20. The second kappa shape index (κ2) is 3.19. The lowest BCUT2D eigenvalue weighted by Crippen LogP contribution is -2.03. The summed E-state index contributed by atoms with van der Waals surface area (Å²) in [5, 5.41) is 0.983. The molecule has 0 aromatic heterocycles. The minimum atomic E-state index is 0.415. The van der Waals surface area contributed by atoms with E-state index in [9.17, 15) is 0 Å². The van der Waals surface area contributed by atoms with Crippen molar-refractivity contribution in [3.05, 3.63) is 40.4 Å². The van der Waals surface area contributed by atoms with Crippen LogP contribution in [0.1, 0.15) is 30.9 Å². The van der Waals surface area contributed by atoms with Crippen LogP contribution in [0, 0.1) is 5.92 Å². The highest BCUT2D eigenvalue weighted by molar-refractivity contribution is 6.33. The van der Waals surface area contributed by atoms with Crippen LogP contribution in [0.4, 0.5) is 0 Å². The van der Waals surface area contributed by atoms with Crippen LogP contribution in [0.2, 0.25) is 0 Å². The molecular formula is C12H13Cl. The van der Waals surface area contributed by atoms with Gasteiger partial charge in [0, 0.05) is 11.0 Å². The van der Waals surface area contributed by atoms with E-state index >= 15 is 0 Å². The molecule has 0 saturated carbocycles. The summed E-state index contributed by atoms with van der Waals surface area (Å²) in [5.41, 5.74) is 2.66. The minimum absolute atomic E-state index is 0.415. The maximum absolute atomic E-state index is 6.20. The van der Waals surface area contributed by atoms with E-state index in [0.717, 1.165) is 5.03 Å². The first-order valence-corrected chi connectivity index (χ1v) is 5.04. The number of allylic oxidation sites excluding steroid dienone is 1. The standard InChI is InChI=1S/C12H13Cl/c1-8(2)12-10-6-4-3-5-9(10)7-11(12)13/h3-8,12H,1-2H3. The van der Waals surface area contributed by atoms with Gasteiger partial charge in [-0.2, -0.15) is 0 Å². The monoisotopic (exact) mass is 192 g/mol. The summed E-state index contributed by atoms with van der Waals surface area (Å²) < 4.78 is 0. The third-order valence-electron chi connectivity index (χ3n) is 2.59. The lowest BCUT2D eigenvalue weighted by molar-refractivity contribution is 0.577. The molecule has 0 aliphatic heterocycles. The van der Waals surface area contributed by atoms with Gasteiger partial charge in [0.2, 0.25) is 0 Å². The SMILES string of the molecule is CC(C)C1C(Cl)=Cc2ccccc21. The molecule has 1 aliphatic carbocycles. The average molecular weight is 193 g/mol. The molecule has 0 spiro atoms. The molecule has 0 radical (unpaired) electrons. The van der Waals surface area contributed by atoms with Gasteiger partial charge in [-0.3, -0.25) is 0 Å². The number of halogens is 1. The van der Waals surface area contributed by atoms with Crippen molar-refractivity contribution in [2.75, 3.05) is 0 Å². The van der Waals surface area contributed by atoms with Crippen molar-refractivity contribution in [3.63, 3.8) is 0 Å². The first-order chi connectivity index (χ1) is 6.20. The molecule has 1 atom stereocenters. The summed E-state index contributed by atoms with van der Waals surface area (Å²) in [6, 6.07) is 8.44. The molecule has 68 valence electrons. The van der Waals surface area contributed by atoms with E-state index in [0.29, 0.717) is 11.8 Å². The van der Waals surface area contributed by atoms with Crippen molar-refractivity contribution >= 4 is 17.7 Å². The van der Waals surface area contributed by atoms with Crippen molar-refractivity contribution in [3.8, 4) is 0 Å². The van der Waals surface area contributed by atoms with Crippen LogP contribution in [0.3, 0.4) is 0 Å². The fourth-order valence-electron chi connectivity index (χ4n) is 1.99. The number of hydrogen-bond acceptors (Lipinski definition) is 0. The molecule has 0 fully saturated rings. The van der Waals surface area contributed by atoms with Gasteiger partial charge in [0.15, 0.2) is 0 Å². The molecule has 0 heterocycles. The van der Waals surface area contributed by atoms with Gasteiger partial charge in [0.25, 0.3) is 0 Å².